The number of rotatable bonds is 3. The second-order valence-electron chi connectivity index (χ2n) is 5.26. The third kappa shape index (κ3) is 2.88. The van der Waals surface area contributed by atoms with Gasteiger partial charge in [0.2, 0.25) is 0 Å². The van der Waals surface area contributed by atoms with Crippen molar-refractivity contribution in [2.24, 2.45) is 0 Å². The predicted molar refractivity (Wildman–Crippen MR) is 69.1 cm³/mol. The van der Waals surface area contributed by atoms with Crippen LogP contribution >= 0.6 is 0 Å². The van der Waals surface area contributed by atoms with Crippen molar-refractivity contribution in [1.29, 1.82) is 0 Å². The molecular formula is C15H22O2. The lowest BCUT2D eigenvalue weighted by Gasteiger charge is -2.38. The number of hydrogen-bond acceptors (Lipinski definition) is 2. The van der Waals surface area contributed by atoms with E-state index >= 15 is 0 Å². The molecule has 1 aliphatic heterocycles. The number of aliphatic hydroxyl groups excluding tert-OH is 1. The maximum absolute atomic E-state index is 10.4. The van der Waals surface area contributed by atoms with Gasteiger partial charge in [0.05, 0.1) is 11.7 Å². The molecule has 2 atom stereocenters. The Labute approximate surface area is 104 Å². The highest BCUT2D eigenvalue weighted by molar-refractivity contribution is 5.26. The van der Waals surface area contributed by atoms with Gasteiger partial charge in [-0.15, -0.1) is 0 Å². The summed E-state index contributed by atoms with van der Waals surface area (Å²) < 4.78 is 5.79. The van der Waals surface area contributed by atoms with Crippen LogP contribution in [0, 0.1) is 6.92 Å². The lowest BCUT2D eigenvalue weighted by molar-refractivity contribution is -0.135. The van der Waals surface area contributed by atoms with E-state index in [0.29, 0.717) is 6.42 Å². The fraction of sp³-hybridized carbons (Fsp3) is 0.600. The Morgan fingerprint density at radius 1 is 1.35 bits per heavy atom. The monoisotopic (exact) mass is 234 g/mol. The molecule has 0 aromatic heterocycles. The fourth-order valence-corrected chi connectivity index (χ4v) is 2.48. The van der Waals surface area contributed by atoms with Gasteiger partial charge in [-0.1, -0.05) is 24.3 Å². The van der Waals surface area contributed by atoms with Crippen LogP contribution in [-0.2, 0) is 11.2 Å². The highest BCUT2D eigenvalue weighted by Crippen LogP contribution is 2.29. The first-order valence-electron chi connectivity index (χ1n) is 6.48. The van der Waals surface area contributed by atoms with E-state index in [2.05, 4.69) is 19.1 Å². The molecule has 2 heteroatoms. The number of benzene rings is 1. The molecule has 2 rings (SSSR count). The van der Waals surface area contributed by atoms with Crippen molar-refractivity contribution in [2.75, 3.05) is 6.61 Å². The van der Waals surface area contributed by atoms with Gasteiger partial charge < -0.3 is 9.84 Å². The first-order chi connectivity index (χ1) is 8.12. The predicted octanol–water partition coefficient (Wildman–Crippen LogP) is 2.86. The minimum atomic E-state index is -0.413. The molecular weight excluding hydrogens is 212 g/mol. The number of aliphatic hydroxyl groups is 1. The average Bonchev–Trinajstić information content (AvgIpc) is 2.33. The summed E-state index contributed by atoms with van der Waals surface area (Å²) in [6, 6.07) is 8.24. The van der Waals surface area contributed by atoms with Gasteiger partial charge in [0.15, 0.2) is 0 Å². The summed E-state index contributed by atoms with van der Waals surface area (Å²) in [6.45, 7) is 4.91. The van der Waals surface area contributed by atoms with E-state index in [1.807, 2.05) is 19.1 Å². The summed E-state index contributed by atoms with van der Waals surface area (Å²) in [5.74, 6) is 0. The Morgan fingerprint density at radius 2 is 2.12 bits per heavy atom. The summed E-state index contributed by atoms with van der Waals surface area (Å²) in [7, 11) is 0. The van der Waals surface area contributed by atoms with Gasteiger partial charge in [0, 0.05) is 13.0 Å². The normalized spacial score (nSPS) is 26.8. The summed E-state index contributed by atoms with van der Waals surface area (Å²) in [5.41, 5.74) is 2.10. The van der Waals surface area contributed by atoms with Crippen LogP contribution in [-0.4, -0.2) is 23.4 Å². The Bertz CT molecular complexity index is 367. The third-order valence-corrected chi connectivity index (χ3v) is 3.88. The zero-order chi connectivity index (χ0) is 12.3. The number of aryl methyl sites for hydroxylation is 1. The minimum Gasteiger partial charge on any atom is -0.390 e. The highest BCUT2D eigenvalue weighted by Gasteiger charge is 2.35. The van der Waals surface area contributed by atoms with Crippen molar-refractivity contribution < 1.29 is 9.84 Å². The van der Waals surface area contributed by atoms with Gasteiger partial charge in [-0.2, -0.15) is 0 Å². The lowest BCUT2D eigenvalue weighted by atomic mass is 9.86. The standard InChI is InChI=1S/C15H22O2/c1-12-7-3-4-8-13(12)11-14(16)15(2)9-5-6-10-17-15/h3-4,7-8,14,16H,5-6,9-11H2,1-2H3. The largest absolute Gasteiger partial charge is 0.390 e. The first-order valence-corrected chi connectivity index (χ1v) is 6.48. The van der Waals surface area contributed by atoms with E-state index in [4.69, 9.17) is 4.74 Å². The Balaban J connectivity index is 2.05. The smallest absolute Gasteiger partial charge is 0.0915 e. The molecule has 1 N–H and O–H groups in total. The van der Waals surface area contributed by atoms with Crippen LogP contribution in [0.15, 0.2) is 24.3 Å². The van der Waals surface area contributed by atoms with Crippen molar-refractivity contribution in [3.8, 4) is 0 Å². The molecule has 0 bridgehead atoms. The van der Waals surface area contributed by atoms with Crippen LogP contribution in [0.25, 0.3) is 0 Å². The van der Waals surface area contributed by atoms with Crippen LogP contribution in [0.5, 0.6) is 0 Å². The van der Waals surface area contributed by atoms with Crippen LogP contribution in [0.1, 0.15) is 37.3 Å². The Kier molecular flexibility index (Phi) is 3.85. The van der Waals surface area contributed by atoms with Crippen LogP contribution in [0.3, 0.4) is 0 Å². The molecule has 1 aromatic rings. The van der Waals surface area contributed by atoms with Crippen molar-refractivity contribution in [3.05, 3.63) is 35.4 Å². The maximum atomic E-state index is 10.4. The number of hydrogen-bond donors (Lipinski definition) is 1. The maximum Gasteiger partial charge on any atom is 0.0915 e. The molecule has 94 valence electrons. The van der Waals surface area contributed by atoms with E-state index in [-0.39, 0.29) is 5.60 Å². The molecule has 0 radical (unpaired) electrons. The fourth-order valence-electron chi connectivity index (χ4n) is 2.48. The first kappa shape index (κ1) is 12.6. The molecule has 1 aliphatic rings. The van der Waals surface area contributed by atoms with Gasteiger partial charge in [0.25, 0.3) is 0 Å². The van der Waals surface area contributed by atoms with E-state index in [1.165, 1.54) is 11.1 Å². The molecule has 0 spiro atoms. The number of ether oxygens (including phenoxy) is 1. The van der Waals surface area contributed by atoms with Gasteiger partial charge in [-0.3, -0.25) is 0 Å². The van der Waals surface area contributed by atoms with Gasteiger partial charge in [0.1, 0.15) is 0 Å². The second kappa shape index (κ2) is 5.19. The van der Waals surface area contributed by atoms with Crippen LogP contribution in [0.2, 0.25) is 0 Å². The summed E-state index contributed by atoms with van der Waals surface area (Å²) in [4.78, 5) is 0. The lowest BCUT2D eigenvalue weighted by Crippen LogP contribution is -2.45. The van der Waals surface area contributed by atoms with Gasteiger partial charge in [-0.05, 0) is 44.2 Å². The van der Waals surface area contributed by atoms with Crippen LogP contribution < -0.4 is 0 Å². The molecule has 1 aromatic carbocycles. The second-order valence-corrected chi connectivity index (χ2v) is 5.26. The molecule has 2 unspecified atom stereocenters. The van der Waals surface area contributed by atoms with Crippen LogP contribution in [0.4, 0.5) is 0 Å². The van der Waals surface area contributed by atoms with E-state index in [0.717, 1.165) is 25.9 Å². The Morgan fingerprint density at radius 3 is 2.76 bits per heavy atom. The highest BCUT2D eigenvalue weighted by atomic mass is 16.5. The molecule has 2 nitrogen and oxygen atoms in total. The third-order valence-electron chi connectivity index (χ3n) is 3.88. The Hall–Kier alpha value is -0.860. The van der Waals surface area contributed by atoms with E-state index < -0.39 is 6.10 Å². The zero-order valence-electron chi connectivity index (χ0n) is 10.8. The minimum absolute atomic E-state index is 0.361. The van der Waals surface area contributed by atoms with Crippen molar-refractivity contribution in [2.45, 2.75) is 51.2 Å². The zero-order valence-corrected chi connectivity index (χ0v) is 10.8. The van der Waals surface area contributed by atoms with Crippen molar-refractivity contribution in [1.82, 2.24) is 0 Å². The average molecular weight is 234 g/mol. The van der Waals surface area contributed by atoms with E-state index in [1.54, 1.807) is 0 Å². The van der Waals surface area contributed by atoms with Gasteiger partial charge in [-0.25, -0.2) is 0 Å². The molecule has 1 heterocycles. The molecule has 1 fully saturated rings. The molecule has 0 amide bonds. The summed E-state index contributed by atoms with van der Waals surface area (Å²) in [5, 5.41) is 10.4. The summed E-state index contributed by atoms with van der Waals surface area (Å²) in [6.07, 6.45) is 3.50. The van der Waals surface area contributed by atoms with Crippen molar-refractivity contribution in [3.63, 3.8) is 0 Å². The van der Waals surface area contributed by atoms with Gasteiger partial charge >= 0.3 is 0 Å². The van der Waals surface area contributed by atoms with E-state index in [9.17, 15) is 5.11 Å². The molecule has 1 saturated heterocycles. The molecule has 0 aliphatic carbocycles. The topological polar surface area (TPSA) is 29.5 Å². The quantitative estimate of drug-likeness (QED) is 0.871. The molecule has 0 saturated carbocycles. The molecule has 17 heavy (non-hydrogen) atoms. The summed E-state index contributed by atoms with van der Waals surface area (Å²) >= 11 is 0. The SMILES string of the molecule is Cc1ccccc1CC(O)C1(C)CCCCO1. The van der Waals surface area contributed by atoms with Crippen molar-refractivity contribution >= 4 is 0 Å².